The van der Waals surface area contributed by atoms with E-state index in [-0.39, 0.29) is 0 Å². The van der Waals surface area contributed by atoms with Gasteiger partial charge in [0.1, 0.15) is 0 Å². The van der Waals surface area contributed by atoms with Crippen molar-refractivity contribution in [2.24, 2.45) is 16.8 Å². The van der Waals surface area contributed by atoms with E-state index in [1.54, 1.807) is 0 Å². The van der Waals surface area contributed by atoms with Crippen molar-refractivity contribution in [1.82, 2.24) is 5.32 Å². The van der Waals surface area contributed by atoms with Crippen LogP contribution in [-0.4, -0.2) is 23.0 Å². The van der Waals surface area contributed by atoms with Gasteiger partial charge >= 0.3 is 0 Å². The van der Waals surface area contributed by atoms with Crippen molar-refractivity contribution in [3.8, 4) is 0 Å². The highest BCUT2D eigenvalue weighted by Crippen LogP contribution is 2.32. The molecule has 1 aliphatic carbocycles. The lowest BCUT2D eigenvalue weighted by molar-refractivity contribution is 0.241. The Morgan fingerprint density at radius 2 is 2.19 bits per heavy atom. The molecule has 2 aliphatic rings. The maximum absolute atomic E-state index is 4.93. The molecule has 2 rings (SSSR count). The molecule has 0 aromatic heterocycles. The Bertz CT molecular complexity index is 265. The summed E-state index contributed by atoms with van der Waals surface area (Å²) in [5.74, 6) is 2.80. The molecule has 0 aromatic rings. The van der Waals surface area contributed by atoms with Crippen molar-refractivity contribution in [3.63, 3.8) is 0 Å². The molecule has 1 N–H and O–H groups in total. The van der Waals surface area contributed by atoms with Crippen LogP contribution in [0.15, 0.2) is 4.99 Å². The molecule has 2 nitrogen and oxygen atoms in total. The maximum Gasteiger partial charge on any atom is 0.157 e. The van der Waals surface area contributed by atoms with E-state index in [1.165, 1.54) is 36.6 Å². The summed E-state index contributed by atoms with van der Waals surface area (Å²) in [6.45, 7) is 6.99. The highest BCUT2D eigenvalue weighted by atomic mass is 32.2. The molecule has 16 heavy (non-hydrogen) atoms. The minimum absolute atomic E-state index is 0.564. The Hall–Kier alpha value is -0.180. The minimum atomic E-state index is 0.564. The fourth-order valence-corrected chi connectivity index (χ4v) is 3.76. The lowest BCUT2D eigenvalue weighted by Gasteiger charge is -2.31. The van der Waals surface area contributed by atoms with Crippen molar-refractivity contribution in [2.75, 3.05) is 5.75 Å². The van der Waals surface area contributed by atoms with Gasteiger partial charge in [-0.25, -0.2) is 0 Å². The van der Waals surface area contributed by atoms with Crippen LogP contribution in [0.5, 0.6) is 0 Å². The van der Waals surface area contributed by atoms with Gasteiger partial charge in [-0.3, -0.25) is 4.99 Å². The van der Waals surface area contributed by atoms with Gasteiger partial charge in [0.05, 0.1) is 6.04 Å². The van der Waals surface area contributed by atoms with Gasteiger partial charge in [-0.05, 0) is 24.7 Å². The van der Waals surface area contributed by atoms with E-state index < -0.39 is 0 Å². The highest BCUT2D eigenvalue weighted by Gasteiger charge is 2.28. The molecule has 4 atom stereocenters. The molecule has 1 saturated heterocycles. The summed E-state index contributed by atoms with van der Waals surface area (Å²) in [5, 5.41) is 4.74. The molecule has 0 spiro atoms. The van der Waals surface area contributed by atoms with Crippen molar-refractivity contribution in [3.05, 3.63) is 0 Å². The van der Waals surface area contributed by atoms with Gasteiger partial charge in [0.15, 0.2) is 5.17 Å². The summed E-state index contributed by atoms with van der Waals surface area (Å²) in [5.41, 5.74) is 0. The summed E-state index contributed by atoms with van der Waals surface area (Å²) in [6.07, 6.45) is 5.24. The molecule has 4 unspecified atom stereocenters. The predicted molar refractivity (Wildman–Crippen MR) is 73.1 cm³/mol. The molecule has 0 bridgehead atoms. The monoisotopic (exact) mass is 240 g/mol. The summed E-state index contributed by atoms with van der Waals surface area (Å²) in [4.78, 5) is 4.93. The number of hydrogen-bond acceptors (Lipinski definition) is 2. The van der Waals surface area contributed by atoms with Gasteiger partial charge in [0.25, 0.3) is 0 Å². The molecule has 92 valence electrons. The molecular weight excluding hydrogens is 216 g/mol. The molecule has 1 saturated carbocycles. The number of rotatable bonds is 2. The summed E-state index contributed by atoms with van der Waals surface area (Å²) >= 11 is 1.91. The van der Waals surface area contributed by atoms with E-state index >= 15 is 0 Å². The molecule has 0 amide bonds. The van der Waals surface area contributed by atoms with Gasteiger partial charge in [-0.2, -0.15) is 0 Å². The van der Waals surface area contributed by atoms with Crippen LogP contribution in [0, 0.1) is 11.8 Å². The van der Waals surface area contributed by atoms with E-state index in [9.17, 15) is 0 Å². The Balaban J connectivity index is 1.95. The van der Waals surface area contributed by atoms with Crippen LogP contribution in [0.25, 0.3) is 0 Å². The van der Waals surface area contributed by atoms with Gasteiger partial charge in [0.2, 0.25) is 0 Å². The molecule has 1 aliphatic heterocycles. The Morgan fingerprint density at radius 3 is 2.88 bits per heavy atom. The predicted octanol–water partition coefficient (Wildman–Crippen LogP) is 3.28. The maximum atomic E-state index is 4.93. The van der Waals surface area contributed by atoms with E-state index in [4.69, 9.17) is 4.99 Å². The number of aliphatic imine (C=N–C) groups is 1. The fraction of sp³-hybridized carbons (Fsp3) is 0.923. The van der Waals surface area contributed by atoms with E-state index in [2.05, 4.69) is 26.1 Å². The zero-order valence-corrected chi connectivity index (χ0v) is 11.5. The van der Waals surface area contributed by atoms with E-state index in [1.807, 2.05) is 11.8 Å². The lowest BCUT2D eigenvalue weighted by atomic mass is 9.78. The van der Waals surface area contributed by atoms with Crippen molar-refractivity contribution in [1.29, 1.82) is 0 Å². The van der Waals surface area contributed by atoms with Crippen LogP contribution in [0.1, 0.15) is 46.5 Å². The van der Waals surface area contributed by atoms with Gasteiger partial charge < -0.3 is 5.32 Å². The van der Waals surface area contributed by atoms with Crippen LogP contribution in [0.4, 0.5) is 0 Å². The zero-order chi connectivity index (χ0) is 11.5. The molecule has 1 heterocycles. The molecule has 0 aromatic carbocycles. The largest absolute Gasteiger partial charge is 0.361 e. The Kier molecular flexibility index (Phi) is 4.17. The smallest absolute Gasteiger partial charge is 0.157 e. The Morgan fingerprint density at radius 1 is 1.38 bits per heavy atom. The third-order valence-corrected chi connectivity index (χ3v) is 5.25. The first-order valence-corrected chi connectivity index (χ1v) is 7.66. The van der Waals surface area contributed by atoms with Crippen molar-refractivity contribution < 1.29 is 0 Å². The number of amidine groups is 1. The van der Waals surface area contributed by atoms with Crippen LogP contribution >= 0.6 is 11.8 Å². The summed E-state index contributed by atoms with van der Waals surface area (Å²) < 4.78 is 0. The zero-order valence-electron chi connectivity index (χ0n) is 10.7. The number of nitrogens with one attached hydrogen (secondary N) is 1. The number of nitrogens with zero attached hydrogens (tertiary/aromatic N) is 1. The topological polar surface area (TPSA) is 24.4 Å². The lowest BCUT2D eigenvalue weighted by Crippen LogP contribution is -2.31. The normalized spacial score (nSPS) is 42.3. The first-order valence-electron chi connectivity index (χ1n) is 6.67. The number of hydrogen-bond donors (Lipinski definition) is 1. The highest BCUT2D eigenvalue weighted by molar-refractivity contribution is 8.14. The number of thioether (sulfide) groups is 1. The first-order chi connectivity index (χ1) is 7.70. The third-order valence-electron chi connectivity index (χ3n) is 4.19. The fourth-order valence-electron chi connectivity index (χ4n) is 2.62. The molecular formula is C13H24N2S. The van der Waals surface area contributed by atoms with E-state index in [0.29, 0.717) is 12.1 Å². The van der Waals surface area contributed by atoms with Crippen LogP contribution in [-0.2, 0) is 0 Å². The summed E-state index contributed by atoms with van der Waals surface area (Å²) in [7, 11) is 0. The van der Waals surface area contributed by atoms with E-state index in [0.717, 1.165) is 11.8 Å². The van der Waals surface area contributed by atoms with Gasteiger partial charge in [-0.1, -0.05) is 45.4 Å². The second-order valence-electron chi connectivity index (χ2n) is 5.33. The molecule has 2 fully saturated rings. The van der Waals surface area contributed by atoms with Gasteiger partial charge in [-0.15, -0.1) is 0 Å². The average Bonchev–Trinajstić information content (AvgIpc) is 2.73. The van der Waals surface area contributed by atoms with Crippen LogP contribution < -0.4 is 5.32 Å². The SMILES string of the molecule is CCC1CSC(=NC2CCCC(C)C2C)N1. The molecule has 0 radical (unpaired) electrons. The minimum Gasteiger partial charge on any atom is -0.361 e. The van der Waals surface area contributed by atoms with Gasteiger partial charge in [0, 0.05) is 11.8 Å². The van der Waals surface area contributed by atoms with Crippen molar-refractivity contribution >= 4 is 16.9 Å². The Labute approximate surface area is 104 Å². The standard InChI is InChI=1S/C13H24N2S/c1-4-11-8-16-13(14-11)15-12-7-5-6-9(2)10(12)3/h9-12H,4-8H2,1-3H3,(H,14,15). The quantitative estimate of drug-likeness (QED) is 0.801. The van der Waals surface area contributed by atoms with Crippen LogP contribution in [0.2, 0.25) is 0 Å². The third kappa shape index (κ3) is 2.73. The van der Waals surface area contributed by atoms with Crippen LogP contribution in [0.3, 0.4) is 0 Å². The second-order valence-corrected chi connectivity index (χ2v) is 6.34. The summed E-state index contributed by atoms with van der Waals surface area (Å²) in [6, 6.07) is 1.22. The molecule has 3 heteroatoms. The average molecular weight is 240 g/mol. The van der Waals surface area contributed by atoms with Crippen molar-refractivity contribution in [2.45, 2.75) is 58.5 Å². The first kappa shape index (κ1) is 12.3. The second kappa shape index (κ2) is 5.44.